The highest BCUT2D eigenvalue weighted by Crippen LogP contribution is 2.31. The van der Waals surface area contributed by atoms with Gasteiger partial charge in [0.25, 0.3) is 0 Å². The number of carbonyl (C=O) groups excluding carboxylic acids is 2. The Bertz CT molecular complexity index is 1180. The molecule has 12 nitrogen and oxygen atoms in total. The van der Waals surface area contributed by atoms with Gasteiger partial charge in [0.2, 0.25) is 0 Å². The highest BCUT2D eigenvalue weighted by molar-refractivity contribution is 6.29. The molecule has 4 rings (SSSR count). The van der Waals surface area contributed by atoms with E-state index < -0.39 is 23.8 Å². The lowest BCUT2D eigenvalue weighted by Gasteiger charge is -2.25. The van der Waals surface area contributed by atoms with Crippen molar-refractivity contribution in [2.45, 2.75) is 12.6 Å². The van der Waals surface area contributed by atoms with Gasteiger partial charge in [-0.25, -0.2) is 34.6 Å². The number of quaternary nitrogens is 1. The van der Waals surface area contributed by atoms with E-state index >= 15 is 8.78 Å². The van der Waals surface area contributed by atoms with Gasteiger partial charge in [-0.05, 0) is 17.7 Å². The van der Waals surface area contributed by atoms with E-state index in [9.17, 15) is 9.59 Å². The van der Waals surface area contributed by atoms with E-state index in [0.717, 1.165) is 22.6 Å². The maximum atomic E-state index is 15.2. The number of hydrogen-bond acceptors (Lipinski definition) is 8. The maximum Gasteiger partial charge on any atom is 0.414 e. The Kier molecular flexibility index (Phi) is 8.78. The van der Waals surface area contributed by atoms with E-state index in [1.807, 2.05) is 0 Å². The highest BCUT2D eigenvalue weighted by atomic mass is 35.5. The number of benzene rings is 1. The molecule has 0 saturated carbocycles. The summed E-state index contributed by atoms with van der Waals surface area (Å²) in [6.07, 6.45) is 3.24. The van der Waals surface area contributed by atoms with E-state index in [2.05, 4.69) is 21.5 Å². The molecule has 38 heavy (non-hydrogen) atoms. The molecule has 204 valence electrons. The SMILES string of the molecule is NN(C=C[NH3+])CC1CN(c2cc(F)c(N3CCNN(C(=O)NCc4ccnc(Cl)c4)CC3)c(F)c2)C(=O)O1. The van der Waals surface area contributed by atoms with E-state index in [-0.39, 0.29) is 63.2 Å². The average molecular weight is 553 g/mol. The van der Waals surface area contributed by atoms with Crippen molar-refractivity contribution in [2.24, 2.45) is 5.84 Å². The third-order valence-electron chi connectivity index (χ3n) is 5.97. The molecular formula is C23H29ClF2N9O3+. The number of anilines is 2. The number of urea groups is 1. The van der Waals surface area contributed by atoms with Crippen LogP contribution in [0.5, 0.6) is 0 Å². The molecule has 1 aromatic heterocycles. The minimum atomic E-state index is -0.829. The van der Waals surface area contributed by atoms with Crippen LogP contribution in [-0.2, 0) is 11.3 Å². The molecule has 2 aromatic rings. The predicted octanol–water partition coefficient (Wildman–Crippen LogP) is 0.764. The summed E-state index contributed by atoms with van der Waals surface area (Å²) in [4.78, 5) is 31.5. The Labute approximate surface area is 222 Å². The minimum absolute atomic E-state index is 0.0395. The van der Waals surface area contributed by atoms with Crippen LogP contribution in [-0.4, -0.2) is 72.5 Å². The molecule has 0 spiro atoms. The van der Waals surface area contributed by atoms with Crippen LogP contribution in [0.1, 0.15) is 5.56 Å². The van der Waals surface area contributed by atoms with Crippen molar-refractivity contribution in [3.63, 3.8) is 0 Å². The first-order chi connectivity index (χ1) is 18.2. The smallest absolute Gasteiger partial charge is 0.414 e. The van der Waals surface area contributed by atoms with Gasteiger partial charge in [-0.2, -0.15) is 0 Å². The summed E-state index contributed by atoms with van der Waals surface area (Å²) in [7, 11) is 0. The third-order valence-corrected chi connectivity index (χ3v) is 6.18. The van der Waals surface area contributed by atoms with E-state index in [4.69, 9.17) is 22.2 Å². The topological polar surface area (TPSA) is 147 Å². The van der Waals surface area contributed by atoms with Crippen molar-refractivity contribution >= 4 is 35.1 Å². The van der Waals surface area contributed by atoms with Gasteiger partial charge in [-0.3, -0.25) is 9.91 Å². The number of ether oxygens (including phenoxy) is 1. The van der Waals surface area contributed by atoms with Gasteiger partial charge in [0.1, 0.15) is 23.1 Å². The number of pyridine rings is 1. The van der Waals surface area contributed by atoms with Gasteiger partial charge < -0.3 is 25.7 Å². The van der Waals surface area contributed by atoms with E-state index in [0.29, 0.717) is 5.15 Å². The van der Waals surface area contributed by atoms with Gasteiger partial charge >= 0.3 is 12.1 Å². The zero-order valence-electron chi connectivity index (χ0n) is 20.4. The summed E-state index contributed by atoms with van der Waals surface area (Å²) in [5.41, 5.74) is 7.09. The number of nitrogens with zero attached hydrogens (tertiary/aromatic N) is 5. The zero-order valence-corrected chi connectivity index (χ0v) is 21.2. The largest absolute Gasteiger partial charge is 0.442 e. The summed E-state index contributed by atoms with van der Waals surface area (Å²) >= 11 is 5.87. The molecule has 2 aliphatic rings. The van der Waals surface area contributed by atoms with Crippen molar-refractivity contribution < 1.29 is 28.8 Å². The molecule has 7 N–H and O–H groups in total. The Balaban J connectivity index is 1.38. The summed E-state index contributed by atoms with van der Waals surface area (Å²) in [5, 5.41) is 5.76. The summed E-state index contributed by atoms with van der Waals surface area (Å²) in [5.74, 6) is 4.11. The lowest BCUT2D eigenvalue weighted by Crippen LogP contribution is -2.48. The molecule has 2 saturated heterocycles. The first-order valence-corrected chi connectivity index (χ1v) is 12.2. The fourth-order valence-electron chi connectivity index (χ4n) is 4.22. The lowest BCUT2D eigenvalue weighted by molar-refractivity contribution is -0.276. The molecule has 1 aromatic carbocycles. The van der Waals surface area contributed by atoms with Crippen molar-refractivity contribution in [2.75, 3.05) is 49.1 Å². The van der Waals surface area contributed by atoms with Gasteiger partial charge in [0.05, 0.1) is 31.5 Å². The Morgan fingerprint density at radius 3 is 2.79 bits per heavy atom. The number of amides is 3. The number of cyclic esters (lactones) is 1. The number of rotatable bonds is 7. The molecular weight excluding hydrogens is 524 g/mol. The summed E-state index contributed by atoms with van der Waals surface area (Å²) in [6, 6.07) is 5.18. The van der Waals surface area contributed by atoms with Crippen molar-refractivity contribution in [3.05, 3.63) is 65.2 Å². The molecule has 0 radical (unpaired) electrons. The van der Waals surface area contributed by atoms with Crippen molar-refractivity contribution in [3.8, 4) is 0 Å². The van der Waals surface area contributed by atoms with Crippen molar-refractivity contribution in [1.82, 2.24) is 25.7 Å². The van der Waals surface area contributed by atoms with Crippen LogP contribution in [0.3, 0.4) is 0 Å². The monoisotopic (exact) mass is 552 g/mol. The van der Waals surface area contributed by atoms with Crippen LogP contribution in [0.4, 0.5) is 29.7 Å². The zero-order chi connectivity index (χ0) is 27.2. The first kappa shape index (κ1) is 27.3. The second kappa shape index (κ2) is 12.2. The quantitative estimate of drug-likeness (QED) is 0.224. The number of hydrogen-bond donors (Lipinski definition) is 4. The second-order valence-corrected chi connectivity index (χ2v) is 9.04. The second-order valence-electron chi connectivity index (χ2n) is 8.65. The number of aromatic nitrogens is 1. The lowest BCUT2D eigenvalue weighted by atomic mass is 10.2. The number of nitrogens with two attached hydrogens (primary N) is 1. The predicted molar refractivity (Wildman–Crippen MR) is 135 cm³/mol. The normalized spacial score (nSPS) is 18.1. The highest BCUT2D eigenvalue weighted by Gasteiger charge is 2.34. The fourth-order valence-corrected chi connectivity index (χ4v) is 4.42. The summed E-state index contributed by atoms with van der Waals surface area (Å²) in [6.45, 7) is 1.38. The molecule has 0 aliphatic carbocycles. The van der Waals surface area contributed by atoms with Crippen LogP contribution in [0.25, 0.3) is 0 Å². The molecule has 1 unspecified atom stereocenters. The number of carbonyl (C=O) groups is 2. The molecule has 3 amide bonds. The maximum absolute atomic E-state index is 15.2. The van der Waals surface area contributed by atoms with Gasteiger partial charge in [-0.1, -0.05) is 11.6 Å². The number of halogens is 3. The molecule has 0 bridgehead atoms. The van der Waals surface area contributed by atoms with E-state index in [1.165, 1.54) is 27.3 Å². The van der Waals surface area contributed by atoms with Crippen LogP contribution >= 0.6 is 11.6 Å². The summed E-state index contributed by atoms with van der Waals surface area (Å²) < 4.78 is 35.6. The molecule has 2 fully saturated rings. The molecule has 2 aliphatic heterocycles. The molecule has 3 heterocycles. The van der Waals surface area contributed by atoms with Crippen molar-refractivity contribution in [1.29, 1.82) is 0 Å². The van der Waals surface area contributed by atoms with Crippen LogP contribution < -0.4 is 32.1 Å². The number of nitrogens with one attached hydrogen (secondary N) is 2. The standard InChI is InChI=1S/C23H28ClF2N9O3/c24-20-9-15(1-3-29-20)12-30-22(36)35-8-7-32(6-4-31-35)21-18(25)10-16(11-19(21)26)34-14-17(38-23(34)37)13-33(28)5-2-27/h1-3,5,9-11,17,31H,4,6-8,12-14,27-28H2,(H,30,36)/p+1. The third kappa shape index (κ3) is 6.58. The van der Waals surface area contributed by atoms with Crippen LogP contribution in [0, 0.1) is 11.6 Å². The fraction of sp³-hybridized carbons (Fsp3) is 0.348. The first-order valence-electron chi connectivity index (χ1n) is 11.8. The van der Waals surface area contributed by atoms with Gasteiger partial charge in [0.15, 0.2) is 11.6 Å². The minimum Gasteiger partial charge on any atom is -0.442 e. The van der Waals surface area contributed by atoms with E-state index in [1.54, 1.807) is 18.3 Å². The van der Waals surface area contributed by atoms with Crippen LogP contribution in [0.2, 0.25) is 5.15 Å². The average Bonchev–Trinajstić information content (AvgIpc) is 3.06. The Morgan fingerprint density at radius 1 is 1.32 bits per heavy atom. The van der Waals surface area contributed by atoms with Gasteiger partial charge in [-0.15, -0.1) is 0 Å². The Morgan fingerprint density at radius 2 is 2.08 bits per heavy atom. The number of hydrazine groups is 2. The van der Waals surface area contributed by atoms with Gasteiger partial charge in [0, 0.05) is 44.5 Å². The molecule has 15 heteroatoms. The Hall–Kier alpha value is -3.72. The van der Waals surface area contributed by atoms with Crippen LogP contribution in [0.15, 0.2) is 42.9 Å². The molecule has 1 atom stereocenters.